The summed E-state index contributed by atoms with van der Waals surface area (Å²) < 4.78 is 0. The molecule has 0 aliphatic carbocycles. The van der Waals surface area contributed by atoms with Crippen molar-refractivity contribution in [2.24, 2.45) is 0 Å². The van der Waals surface area contributed by atoms with Gasteiger partial charge in [0.05, 0.1) is 0 Å². The average Bonchev–Trinajstić information content (AvgIpc) is 2.73. The zero-order chi connectivity index (χ0) is 18.7. The molecule has 0 heteroatoms. The maximum Gasteiger partial charge on any atom is 0.0203 e. The predicted octanol–water partition coefficient (Wildman–Crippen LogP) is 7.88. The van der Waals surface area contributed by atoms with Crippen LogP contribution < -0.4 is 0 Å². The van der Waals surface area contributed by atoms with E-state index in [0.717, 1.165) is 0 Å². The highest BCUT2D eigenvalue weighted by Gasteiger charge is 2.32. The third-order valence-corrected chi connectivity index (χ3v) is 5.96. The topological polar surface area (TPSA) is 0 Å². The average molecular weight is 353 g/mol. The normalized spacial score (nSPS) is 11.9. The summed E-state index contributed by atoms with van der Waals surface area (Å²) in [4.78, 5) is 0. The van der Waals surface area contributed by atoms with Gasteiger partial charge in [0.2, 0.25) is 0 Å². The SMILES string of the molecule is CCCC(CCC)(c1ccc2ccccc2c1)c1ccc2ccccc2c1. The second kappa shape index (κ2) is 7.56. The van der Waals surface area contributed by atoms with Gasteiger partial charge in [-0.25, -0.2) is 0 Å². The van der Waals surface area contributed by atoms with Crippen LogP contribution in [0.5, 0.6) is 0 Å². The van der Waals surface area contributed by atoms with Gasteiger partial charge in [0.15, 0.2) is 0 Å². The third-order valence-electron chi connectivity index (χ3n) is 5.96. The van der Waals surface area contributed by atoms with Crippen LogP contribution >= 0.6 is 0 Å². The Morgan fingerprint density at radius 1 is 0.519 bits per heavy atom. The smallest absolute Gasteiger partial charge is 0.0203 e. The van der Waals surface area contributed by atoms with E-state index in [4.69, 9.17) is 0 Å². The van der Waals surface area contributed by atoms with Crippen LogP contribution in [0.4, 0.5) is 0 Å². The van der Waals surface area contributed by atoms with Crippen LogP contribution in [0.15, 0.2) is 84.9 Å². The summed E-state index contributed by atoms with van der Waals surface area (Å²) in [5.74, 6) is 0. The van der Waals surface area contributed by atoms with Gasteiger partial charge in [-0.1, -0.05) is 112 Å². The van der Waals surface area contributed by atoms with Gasteiger partial charge in [0.25, 0.3) is 0 Å². The number of rotatable bonds is 6. The fraction of sp³-hybridized carbons (Fsp3) is 0.259. The maximum atomic E-state index is 2.43. The van der Waals surface area contributed by atoms with Crippen LogP contribution in [-0.2, 0) is 5.41 Å². The highest BCUT2D eigenvalue weighted by molar-refractivity contribution is 5.85. The molecule has 0 saturated heterocycles. The van der Waals surface area contributed by atoms with Crippen molar-refractivity contribution in [2.75, 3.05) is 0 Å². The molecule has 4 aromatic carbocycles. The van der Waals surface area contributed by atoms with E-state index in [9.17, 15) is 0 Å². The van der Waals surface area contributed by atoms with E-state index in [1.165, 1.54) is 58.4 Å². The lowest BCUT2D eigenvalue weighted by Gasteiger charge is -2.35. The molecule has 0 nitrogen and oxygen atoms in total. The second-order valence-corrected chi connectivity index (χ2v) is 7.71. The molecule has 0 bridgehead atoms. The molecule has 136 valence electrons. The zero-order valence-corrected chi connectivity index (χ0v) is 16.4. The van der Waals surface area contributed by atoms with E-state index >= 15 is 0 Å². The molecule has 0 aromatic heterocycles. The van der Waals surface area contributed by atoms with Gasteiger partial charge in [-0.15, -0.1) is 0 Å². The molecule has 4 rings (SSSR count). The number of benzene rings is 4. The Morgan fingerprint density at radius 2 is 0.926 bits per heavy atom. The Morgan fingerprint density at radius 3 is 1.33 bits per heavy atom. The molecule has 4 aromatic rings. The van der Waals surface area contributed by atoms with Crippen molar-refractivity contribution in [3.63, 3.8) is 0 Å². The van der Waals surface area contributed by atoms with Crippen LogP contribution in [0.25, 0.3) is 21.5 Å². The minimum atomic E-state index is 0.0809. The number of fused-ring (bicyclic) bond motifs is 2. The third kappa shape index (κ3) is 3.25. The fourth-order valence-electron chi connectivity index (χ4n) is 4.70. The maximum absolute atomic E-state index is 2.43. The van der Waals surface area contributed by atoms with E-state index in [1.54, 1.807) is 0 Å². The van der Waals surface area contributed by atoms with Gasteiger partial charge < -0.3 is 0 Å². The lowest BCUT2D eigenvalue weighted by Crippen LogP contribution is -2.27. The molecule has 0 aliphatic heterocycles. The Balaban J connectivity index is 1.94. The van der Waals surface area contributed by atoms with Crippen molar-refractivity contribution >= 4 is 21.5 Å². The lowest BCUT2D eigenvalue weighted by atomic mass is 9.68. The zero-order valence-electron chi connectivity index (χ0n) is 16.4. The van der Waals surface area contributed by atoms with E-state index in [0.29, 0.717) is 0 Å². The first-order valence-corrected chi connectivity index (χ1v) is 10.3. The van der Waals surface area contributed by atoms with E-state index in [-0.39, 0.29) is 5.41 Å². The van der Waals surface area contributed by atoms with Crippen molar-refractivity contribution in [3.05, 3.63) is 96.1 Å². The summed E-state index contributed by atoms with van der Waals surface area (Å²) in [6, 6.07) is 31.6. The van der Waals surface area contributed by atoms with Crippen LogP contribution in [0.3, 0.4) is 0 Å². The first kappa shape index (κ1) is 17.8. The summed E-state index contributed by atoms with van der Waals surface area (Å²) >= 11 is 0. The molecular formula is C27H28. The van der Waals surface area contributed by atoms with Crippen molar-refractivity contribution in [2.45, 2.75) is 44.9 Å². The molecule has 0 saturated carbocycles. The summed E-state index contributed by atoms with van der Waals surface area (Å²) in [5, 5.41) is 5.32. The molecule has 0 fully saturated rings. The van der Waals surface area contributed by atoms with Gasteiger partial charge in [-0.3, -0.25) is 0 Å². The minimum Gasteiger partial charge on any atom is -0.0653 e. The van der Waals surface area contributed by atoms with Crippen LogP contribution in [0, 0.1) is 0 Å². The summed E-state index contributed by atoms with van der Waals surface area (Å²) in [7, 11) is 0. The Labute approximate surface area is 162 Å². The second-order valence-electron chi connectivity index (χ2n) is 7.71. The Hall–Kier alpha value is -2.60. The van der Waals surface area contributed by atoms with Crippen LogP contribution in [0.1, 0.15) is 50.7 Å². The van der Waals surface area contributed by atoms with E-state index in [1.807, 2.05) is 0 Å². The number of hydrogen-bond donors (Lipinski definition) is 0. The van der Waals surface area contributed by atoms with Crippen molar-refractivity contribution in [1.82, 2.24) is 0 Å². The summed E-state index contributed by atoms with van der Waals surface area (Å²) in [6.45, 7) is 4.62. The fourth-order valence-corrected chi connectivity index (χ4v) is 4.70. The van der Waals surface area contributed by atoms with Gasteiger partial charge in [0.1, 0.15) is 0 Å². The molecular weight excluding hydrogens is 324 g/mol. The van der Waals surface area contributed by atoms with Gasteiger partial charge in [0, 0.05) is 5.41 Å². The summed E-state index contributed by atoms with van der Waals surface area (Å²) in [5.41, 5.74) is 3.00. The van der Waals surface area contributed by atoms with Crippen molar-refractivity contribution < 1.29 is 0 Å². The van der Waals surface area contributed by atoms with E-state index in [2.05, 4.69) is 98.8 Å². The van der Waals surface area contributed by atoms with Crippen LogP contribution in [-0.4, -0.2) is 0 Å². The first-order chi connectivity index (χ1) is 13.3. The first-order valence-electron chi connectivity index (χ1n) is 10.3. The standard InChI is InChI=1S/C27H28/c1-3-17-27(18-4-2,25-15-13-21-9-5-7-11-23(21)19-25)26-16-14-22-10-6-8-12-24(22)20-26/h5-16,19-20H,3-4,17-18H2,1-2H3. The highest BCUT2D eigenvalue weighted by Crippen LogP contribution is 2.42. The highest BCUT2D eigenvalue weighted by atomic mass is 14.4. The minimum absolute atomic E-state index is 0.0809. The predicted molar refractivity (Wildman–Crippen MR) is 118 cm³/mol. The Kier molecular flexibility index (Phi) is 4.99. The molecule has 0 N–H and O–H groups in total. The molecule has 0 aliphatic rings. The molecule has 0 amide bonds. The molecule has 0 spiro atoms. The molecule has 27 heavy (non-hydrogen) atoms. The van der Waals surface area contributed by atoms with Crippen LogP contribution in [0.2, 0.25) is 0 Å². The quantitative estimate of drug-likeness (QED) is 0.331. The van der Waals surface area contributed by atoms with Crippen molar-refractivity contribution in [1.29, 1.82) is 0 Å². The molecule has 0 atom stereocenters. The molecule has 0 radical (unpaired) electrons. The molecule has 0 heterocycles. The van der Waals surface area contributed by atoms with Gasteiger partial charge in [-0.05, 0) is 45.5 Å². The number of hydrogen-bond acceptors (Lipinski definition) is 0. The van der Waals surface area contributed by atoms with Gasteiger partial charge >= 0.3 is 0 Å². The lowest BCUT2D eigenvalue weighted by molar-refractivity contribution is 0.427. The van der Waals surface area contributed by atoms with Gasteiger partial charge in [-0.2, -0.15) is 0 Å². The van der Waals surface area contributed by atoms with Crippen molar-refractivity contribution in [3.8, 4) is 0 Å². The van der Waals surface area contributed by atoms with E-state index < -0.39 is 0 Å². The monoisotopic (exact) mass is 352 g/mol. The summed E-state index contributed by atoms with van der Waals surface area (Å²) in [6.07, 6.45) is 4.72. The Bertz CT molecular complexity index is 970. The molecule has 0 unspecified atom stereocenters. The largest absolute Gasteiger partial charge is 0.0653 e.